The monoisotopic (exact) mass is 334 g/mol. The summed E-state index contributed by atoms with van der Waals surface area (Å²) in [7, 11) is 1.66. The maximum Gasteiger partial charge on any atom is 0.249 e. The summed E-state index contributed by atoms with van der Waals surface area (Å²) in [6, 6.07) is 7.85. The number of ether oxygens (including phenoxy) is 3. The number of hydrogen-bond acceptors (Lipinski definition) is 5. The summed E-state index contributed by atoms with van der Waals surface area (Å²) in [5.41, 5.74) is 1.03. The van der Waals surface area contributed by atoms with E-state index in [0.29, 0.717) is 19.1 Å². The molecule has 2 unspecified atom stereocenters. The van der Waals surface area contributed by atoms with E-state index >= 15 is 0 Å². The van der Waals surface area contributed by atoms with Crippen LogP contribution in [0.25, 0.3) is 0 Å². The van der Waals surface area contributed by atoms with Crippen molar-refractivity contribution in [2.75, 3.05) is 53.2 Å². The molecule has 2 heterocycles. The Bertz CT molecular complexity index is 546. The predicted octanol–water partition coefficient (Wildman–Crippen LogP) is 1.22. The Morgan fingerprint density at radius 2 is 2.29 bits per heavy atom. The van der Waals surface area contributed by atoms with Gasteiger partial charge in [0, 0.05) is 37.7 Å². The van der Waals surface area contributed by atoms with Crippen molar-refractivity contribution in [3.63, 3.8) is 0 Å². The number of rotatable bonds is 6. The molecule has 2 fully saturated rings. The van der Waals surface area contributed by atoms with Crippen LogP contribution in [-0.2, 0) is 14.3 Å². The lowest BCUT2D eigenvalue weighted by molar-refractivity contribution is -0.140. The number of nitrogens with one attached hydrogen (secondary N) is 1. The van der Waals surface area contributed by atoms with E-state index in [1.165, 1.54) is 0 Å². The zero-order valence-corrected chi connectivity index (χ0v) is 14.2. The smallest absolute Gasteiger partial charge is 0.249 e. The van der Waals surface area contributed by atoms with Gasteiger partial charge in [-0.15, -0.1) is 0 Å². The van der Waals surface area contributed by atoms with Crippen molar-refractivity contribution in [2.45, 2.75) is 12.5 Å². The number of methoxy groups -OCH3 is 1. The Morgan fingerprint density at radius 3 is 3.08 bits per heavy atom. The first kappa shape index (κ1) is 17.2. The van der Waals surface area contributed by atoms with E-state index in [2.05, 4.69) is 5.32 Å². The molecule has 1 aromatic carbocycles. The molecule has 2 aliphatic heterocycles. The van der Waals surface area contributed by atoms with Gasteiger partial charge in [-0.3, -0.25) is 4.79 Å². The first-order valence-corrected chi connectivity index (χ1v) is 8.58. The highest BCUT2D eigenvalue weighted by Crippen LogP contribution is 2.30. The number of carbonyl (C=O) groups is 1. The van der Waals surface area contributed by atoms with Crippen molar-refractivity contribution < 1.29 is 19.0 Å². The van der Waals surface area contributed by atoms with Gasteiger partial charge >= 0.3 is 0 Å². The van der Waals surface area contributed by atoms with Gasteiger partial charge in [-0.1, -0.05) is 18.2 Å². The molecule has 2 saturated heterocycles. The molecule has 1 amide bonds. The van der Waals surface area contributed by atoms with Gasteiger partial charge in [0.2, 0.25) is 5.91 Å². The number of para-hydroxylation sites is 1. The molecule has 24 heavy (non-hydrogen) atoms. The Kier molecular flexibility index (Phi) is 6.07. The van der Waals surface area contributed by atoms with Crippen molar-refractivity contribution in [3.8, 4) is 5.75 Å². The number of carbonyl (C=O) groups excluding carboxylic acids is 1. The maximum absolute atomic E-state index is 12.7. The van der Waals surface area contributed by atoms with Gasteiger partial charge in [0.25, 0.3) is 0 Å². The van der Waals surface area contributed by atoms with Gasteiger partial charge in [0.05, 0.1) is 26.4 Å². The third-order valence-electron chi connectivity index (χ3n) is 4.66. The SMILES string of the molecule is COc1ccccc1C1CNCCN1C(=O)COCC1CCOC1. The van der Waals surface area contributed by atoms with Crippen LogP contribution in [0, 0.1) is 5.92 Å². The van der Waals surface area contributed by atoms with Crippen molar-refractivity contribution in [1.82, 2.24) is 10.2 Å². The second-order valence-electron chi connectivity index (χ2n) is 6.29. The molecular formula is C18H26N2O4. The first-order chi connectivity index (χ1) is 11.8. The van der Waals surface area contributed by atoms with E-state index in [1.807, 2.05) is 29.2 Å². The average Bonchev–Trinajstić information content (AvgIpc) is 3.15. The van der Waals surface area contributed by atoms with Crippen LogP contribution in [0.4, 0.5) is 0 Å². The molecule has 0 bridgehead atoms. The van der Waals surface area contributed by atoms with Crippen LogP contribution in [-0.4, -0.2) is 64.0 Å². The summed E-state index contributed by atoms with van der Waals surface area (Å²) in [4.78, 5) is 14.6. The van der Waals surface area contributed by atoms with E-state index in [4.69, 9.17) is 14.2 Å². The van der Waals surface area contributed by atoms with Gasteiger partial charge in [-0.05, 0) is 12.5 Å². The minimum atomic E-state index is -0.0270. The molecule has 1 aromatic rings. The van der Waals surface area contributed by atoms with Crippen molar-refractivity contribution in [2.24, 2.45) is 5.92 Å². The minimum Gasteiger partial charge on any atom is -0.496 e. The number of amides is 1. The summed E-state index contributed by atoms with van der Waals surface area (Å²) in [5, 5.41) is 3.36. The molecule has 2 atom stereocenters. The fourth-order valence-corrected chi connectivity index (χ4v) is 3.33. The molecule has 0 aliphatic carbocycles. The third kappa shape index (κ3) is 4.06. The van der Waals surface area contributed by atoms with Crippen LogP contribution in [0.5, 0.6) is 5.75 Å². The van der Waals surface area contributed by atoms with Crippen LogP contribution in [0.15, 0.2) is 24.3 Å². The third-order valence-corrected chi connectivity index (χ3v) is 4.66. The zero-order chi connectivity index (χ0) is 16.8. The van der Waals surface area contributed by atoms with E-state index in [0.717, 1.165) is 44.0 Å². The fraction of sp³-hybridized carbons (Fsp3) is 0.611. The molecule has 6 nitrogen and oxygen atoms in total. The second-order valence-corrected chi connectivity index (χ2v) is 6.29. The molecule has 0 radical (unpaired) electrons. The quantitative estimate of drug-likeness (QED) is 0.848. The average molecular weight is 334 g/mol. The fourth-order valence-electron chi connectivity index (χ4n) is 3.33. The molecule has 132 valence electrons. The number of piperazine rings is 1. The molecule has 0 saturated carbocycles. The molecule has 0 spiro atoms. The summed E-state index contributed by atoms with van der Waals surface area (Å²) in [6.07, 6.45) is 1.02. The summed E-state index contributed by atoms with van der Waals surface area (Å²) >= 11 is 0. The minimum absolute atomic E-state index is 0.0270. The van der Waals surface area contributed by atoms with E-state index < -0.39 is 0 Å². The van der Waals surface area contributed by atoms with Crippen molar-refractivity contribution in [1.29, 1.82) is 0 Å². The molecule has 6 heteroatoms. The first-order valence-electron chi connectivity index (χ1n) is 8.58. The zero-order valence-electron chi connectivity index (χ0n) is 14.2. The highest BCUT2D eigenvalue weighted by Gasteiger charge is 2.30. The Labute approximate surface area is 143 Å². The highest BCUT2D eigenvalue weighted by atomic mass is 16.5. The normalized spacial score (nSPS) is 24.1. The van der Waals surface area contributed by atoms with E-state index in [1.54, 1.807) is 7.11 Å². The Balaban J connectivity index is 1.61. The number of benzene rings is 1. The topological polar surface area (TPSA) is 60.0 Å². The van der Waals surface area contributed by atoms with Crippen LogP contribution in [0.1, 0.15) is 18.0 Å². The van der Waals surface area contributed by atoms with Gasteiger partial charge < -0.3 is 24.4 Å². The lowest BCUT2D eigenvalue weighted by atomic mass is 10.0. The lowest BCUT2D eigenvalue weighted by Crippen LogP contribution is -2.50. The molecule has 1 N–H and O–H groups in total. The second kappa shape index (κ2) is 8.46. The van der Waals surface area contributed by atoms with E-state index in [9.17, 15) is 4.79 Å². The van der Waals surface area contributed by atoms with Crippen molar-refractivity contribution >= 4 is 5.91 Å². The highest BCUT2D eigenvalue weighted by molar-refractivity contribution is 5.78. The van der Waals surface area contributed by atoms with Crippen molar-refractivity contribution in [3.05, 3.63) is 29.8 Å². The molecule has 0 aromatic heterocycles. The maximum atomic E-state index is 12.7. The van der Waals surface area contributed by atoms with Crippen LogP contribution >= 0.6 is 0 Å². The standard InChI is InChI=1S/C18H26N2O4/c1-22-17-5-3-2-4-15(17)16-10-19-7-8-20(16)18(21)13-24-12-14-6-9-23-11-14/h2-5,14,16,19H,6-13H2,1H3. The molecule has 3 rings (SSSR count). The van der Waals surface area contributed by atoms with Gasteiger partial charge in [-0.25, -0.2) is 0 Å². The summed E-state index contributed by atoms with van der Waals surface area (Å²) in [6.45, 7) is 4.47. The van der Waals surface area contributed by atoms with Crippen LogP contribution in [0.2, 0.25) is 0 Å². The predicted molar refractivity (Wildman–Crippen MR) is 90.1 cm³/mol. The lowest BCUT2D eigenvalue weighted by Gasteiger charge is -2.37. The summed E-state index contributed by atoms with van der Waals surface area (Å²) < 4.78 is 16.4. The van der Waals surface area contributed by atoms with Gasteiger partial charge in [0.1, 0.15) is 12.4 Å². The molecular weight excluding hydrogens is 308 g/mol. The number of nitrogens with zero attached hydrogens (tertiary/aromatic N) is 1. The molecule has 2 aliphatic rings. The van der Waals surface area contributed by atoms with Crippen LogP contribution in [0.3, 0.4) is 0 Å². The Hall–Kier alpha value is -1.63. The Morgan fingerprint density at radius 1 is 1.42 bits per heavy atom. The summed E-state index contributed by atoms with van der Waals surface area (Å²) in [5.74, 6) is 1.27. The van der Waals surface area contributed by atoms with Crippen LogP contribution < -0.4 is 10.1 Å². The number of hydrogen-bond donors (Lipinski definition) is 1. The largest absolute Gasteiger partial charge is 0.496 e. The van der Waals surface area contributed by atoms with E-state index in [-0.39, 0.29) is 18.6 Å². The van der Waals surface area contributed by atoms with Gasteiger partial charge in [0.15, 0.2) is 0 Å². The van der Waals surface area contributed by atoms with Gasteiger partial charge in [-0.2, -0.15) is 0 Å².